The highest BCUT2D eigenvalue weighted by Crippen LogP contribution is 2.35. The molecule has 2 N–H and O–H groups in total. The normalized spacial score (nSPS) is 13.9. The van der Waals surface area contributed by atoms with Crippen molar-refractivity contribution in [2.75, 3.05) is 33.2 Å². The number of methoxy groups -OCH3 is 3. The summed E-state index contributed by atoms with van der Waals surface area (Å²) in [4.78, 5) is 36.7. The van der Waals surface area contributed by atoms with Crippen molar-refractivity contribution in [3.05, 3.63) is 59.2 Å². The van der Waals surface area contributed by atoms with Gasteiger partial charge in [0.15, 0.2) is 11.5 Å². The van der Waals surface area contributed by atoms with E-state index in [0.717, 1.165) is 0 Å². The van der Waals surface area contributed by atoms with Crippen LogP contribution < -0.4 is 20.1 Å². The van der Waals surface area contributed by atoms with Gasteiger partial charge in [0, 0.05) is 12.6 Å². The van der Waals surface area contributed by atoms with Gasteiger partial charge in [0.2, 0.25) is 5.91 Å². The predicted octanol–water partition coefficient (Wildman–Crippen LogP) is 2.26. The van der Waals surface area contributed by atoms with Crippen molar-refractivity contribution in [1.29, 1.82) is 0 Å². The van der Waals surface area contributed by atoms with E-state index in [1.54, 1.807) is 36.4 Å². The largest absolute Gasteiger partial charge is 0.493 e. The quantitative estimate of drug-likeness (QED) is 0.594. The number of ether oxygens (including phenoxy) is 3. The maximum absolute atomic E-state index is 12.6. The predicted molar refractivity (Wildman–Crippen MR) is 106 cm³/mol. The summed E-state index contributed by atoms with van der Waals surface area (Å²) in [6.07, 6.45) is 1.37. The summed E-state index contributed by atoms with van der Waals surface area (Å²) in [6.45, 7) is 0.174. The average Bonchev–Trinajstić information content (AvgIpc) is 2.74. The molecule has 0 saturated heterocycles. The Labute approximate surface area is 167 Å². The summed E-state index contributed by atoms with van der Waals surface area (Å²) >= 11 is 0. The molecule has 2 aromatic carbocycles. The van der Waals surface area contributed by atoms with Crippen LogP contribution in [0.3, 0.4) is 0 Å². The lowest BCUT2D eigenvalue weighted by molar-refractivity contribution is -0.111. The summed E-state index contributed by atoms with van der Waals surface area (Å²) in [5, 5.41) is 5.41. The zero-order chi connectivity index (χ0) is 21.0. The number of carbonyl (C=O) groups is 3. The van der Waals surface area contributed by atoms with Gasteiger partial charge in [0.25, 0.3) is 5.91 Å². The van der Waals surface area contributed by atoms with Crippen molar-refractivity contribution < 1.29 is 28.6 Å². The second kappa shape index (κ2) is 8.47. The van der Waals surface area contributed by atoms with E-state index in [1.165, 1.54) is 27.4 Å². The lowest BCUT2D eigenvalue weighted by atomic mass is 9.94. The van der Waals surface area contributed by atoms with Crippen LogP contribution in [0.2, 0.25) is 0 Å². The van der Waals surface area contributed by atoms with Gasteiger partial charge in [-0.25, -0.2) is 4.79 Å². The third-order valence-electron chi connectivity index (χ3n) is 4.45. The van der Waals surface area contributed by atoms with E-state index in [2.05, 4.69) is 10.6 Å². The fourth-order valence-electron chi connectivity index (χ4n) is 3.03. The van der Waals surface area contributed by atoms with Gasteiger partial charge < -0.3 is 24.8 Å². The van der Waals surface area contributed by atoms with Crippen molar-refractivity contribution >= 4 is 29.0 Å². The molecule has 0 unspecified atom stereocenters. The third-order valence-corrected chi connectivity index (χ3v) is 4.45. The van der Waals surface area contributed by atoms with E-state index in [0.29, 0.717) is 33.9 Å². The van der Waals surface area contributed by atoms with Crippen molar-refractivity contribution in [2.24, 2.45) is 0 Å². The first kappa shape index (κ1) is 19.9. The van der Waals surface area contributed by atoms with Gasteiger partial charge in [-0.15, -0.1) is 0 Å². The van der Waals surface area contributed by atoms with E-state index >= 15 is 0 Å². The molecule has 0 radical (unpaired) electrons. The van der Waals surface area contributed by atoms with Crippen molar-refractivity contribution in [3.63, 3.8) is 0 Å². The van der Waals surface area contributed by atoms with Crippen LogP contribution in [0.1, 0.15) is 26.3 Å². The highest BCUT2D eigenvalue weighted by molar-refractivity contribution is 6.11. The third kappa shape index (κ3) is 4.06. The van der Waals surface area contributed by atoms with Crippen LogP contribution in [-0.2, 0) is 9.53 Å². The lowest BCUT2D eigenvalue weighted by Gasteiger charge is -2.21. The van der Waals surface area contributed by atoms with Crippen molar-refractivity contribution in [1.82, 2.24) is 5.32 Å². The van der Waals surface area contributed by atoms with Crippen LogP contribution in [-0.4, -0.2) is 45.7 Å². The molecule has 0 aromatic heterocycles. The number of fused-ring (bicyclic) bond motifs is 1. The monoisotopic (exact) mass is 396 g/mol. The van der Waals surface area contributed by atoms with Gasteiger partial charge in [-0.1, -0.05) is 12.1 Å². The van der Waals surface area contributed by atoms with Gasteiger partial charge in [-0.05, 0) is 35.4 Å². The molecule has 0 fully saturated rings. The van der Waals surface area contributed by atoms with Crippen molar-refractivity contribution in [3.8, 4) is 11.5 Å². The summed E-state index contributed by atoms with van der Waals surface area (Å²) in [6, 6.07) is 9.76. The van der Waals surface area contributed by atoms with Crippen LogP contribution in [0.25, 0.3) is 5.57 Å². The van der Waals surface area contributed by atoms with Gasteiger partial charge in [-0.2, -0.15) is 0 Å². The first-order valence-corrected chi connectivity index (χ1v) is 8.72. The first-order valence-electron chi connectivity index (χ1n) is 8.72. The Balaban J connectivity index is 1.95. The zero-order valence-electron chi connectivity index (χ0n) is 16.2. The summed E-state index contributed by atoms with van der Waals surface area (Å²) in [5.74, 6) is -0.411. The number of carbonyl (C=O) groups excluding carboxylic acids is 3. The lowest BCUT2D eigenvalue weighted by Crippen LogP contribution is -2.31. The van der Waals surface area contributed by atoms with Crippen LogP contribution in [0, 0.1) is 0 Å². The minimum atomic E-state index is -0.555. The number of esters is 1. The Morgan fingerprint density at radius 1 is 1.03 bits per heavy atom. The fraction of sp³-hybridized carbons (Fsp3) is 0.190. The topological polar surface area (TPSA) is 103 Å². The van der Waals surface area contributed by atoms with E-state index < -0.39 is 11.9 Å². The van der Waals surface area contributed by atoms with Gasteiger partial charge in [-0.3, -0.25) is 9.59 Å². The van der Waals surface area contributed by atoms with Gasteiger partial charge in [0.1, 0.15) is 0 Å². The Bertz CT molecular complexity index is 1010. The van der Waals surface area contributed by atoms with Crippen LogP contribution >= 0.6 is 0 Å². The molecule has 1 aliphatic heterocycles. The number of hydrogen-bond donors (Lipinski definition) is 2. The molecular weight excluding hydrogens is 376 g/mol. The molecule has 0 atom stereocenters. The van der Waals surface area contributed by atoms with Gasteiger partial charge in [0.05, 0.1) is 38.1 Å². The Morgan fingerprint density at radius 3 is 2.34 bits per heavy atom. The van der Waals surface area contributed by atoms with E-state index in [1.807, 2.05) is 0 Å². The maximum atomic E-state index is 12.6. The second-order valence-corrected chi connectivity index (χ2v) is 6.13. The molecule has 1 heterocycles. The highest BCUT2D eigenvalue weighted by Gasteiger charge is 2.24. The molecule has 0 aliphatic carbocycles. The average molecular weight is 396 g/mol. The fourth-order valence-corrected chi connectivity index (χ4v) is 3.03. The molecule has 3 rings (SSSR count). The molecule has 8 heteroatoms. The summed E-state index contributed by atoms with van der Waals surface area (Å²) < 4.78 is 15.3. The summed E-state index contributed by atoms with van der Waals surface area (Å²) in [7, 11) is 4.24. The SMILES string of the molecule is COC(=O)c1ccccc1NC(=O)/C=C1/CNC(=O)c2cc(OC)c(OC)cc21. The maximum Gasteiger partial charge on any atom is 0.339 e. The number of benzene rings is 2. The van der Waals surface area contributed by atoms with Crippen LogP contribution in [0.15, 0.2) is 42.5 Å². The minimum absolute atomic E-state index is 0.174. The molecule has 29 heavy (non-hydrogen) atoms. The van der Waals surface area contributed by atoms with Crippen LogP contribution in [0.5, 0.6) is 11.5 Å². The summed E-state index contributed by atoms with van der Waals surface area (Å²) in [5.41, 5.74) is 2.11. The molecule has 0 bridgehead atoms. The first-order chi connectivity index (χ1) is 14.0. The number of rotatable bonds is 5. The Morgan fingerprint density at radius 2 is 1.69 bits per heavy atom. The molecule has 0 saturated carbocycles. The Hall–Kier alpha value is -3.81. The zero-order valence-corrected chi connectivity index (χ0v) is 16.2. The molecule has 8 nitrogen and oxygen atoms in total. The van der Waals surface area contributed by atoms with E-state index in [-0.39, 0.29) is 18.0 Å². The smallest absolute Gasteiger partial charge is 0.339 e. The number of hydrogen-bond acceptors (Lipinski definition) is 6. The van der Waals surface area contributed by atoms with Gasteiger partial charge >= 0.3 is 5.97 Å². The number of nitrogens with one attached hydrogen (secondary N) is 2. The standard InChI is InChI=1S/C21H20N2O6/c1-27-17-9-14-12(11-22-20(25)15(14)10-18(17)28-2)8-19(24)23-16-7-5-4-6-13(16)21(26)29-3/h4-10H,11H2,1-3H3,(H,22,25)(H,23,24)/b12-8-. The molecule has 0 spiro atoms. The molecular formula is C21H20N2O6. The molecule has 150 valence electrons. The number of anilines is 1. The van der Waals surface area contributed by atoms with E-state index in [9.17, 15) is 14.4 Å². The minimum Gasteiger partial charge on any atom is -0.493 e. The second-order valence-electron chi connectivity index (χ2n) is 6.13. The van der Waals surface area contributed by atoms with Crippen LogP contribution in [0.4, 0.5) is 5.69 Å². The number of amides is 2. The van der Waals surface area contributed by atoms with E-state index in [4.69, 9.17) is 14.2 Å². The van der Waals surface area contributed by atoms with Crippen molar-refractivity contribution in [2.45, 2.75) is 0 Å². The molecule has 1 aliphatic rings. The molecule has 2 aromatic rings. The highest BCUT2D eigenvalue weighted by atomic mass is 16.5. The number of para-hydroxylation sites is 1. The Kier molecular flexibility index (Phi) is 5.82. The molecule has 2 amide bonds.